The molecule has 0 bridgehead atoms. The fraction of sp³-hybridized carbons (Fsp3) is 0.520. The molecule has 2 saturated heterocycles. The van der Waals surface area contributed by atoms with Crippen LogP contribution in [-0.4, -0.2) is 54.9 Å². The Kier molecular flexibility index (Phi) is 10.1. The Morgan fingerprint density at radius 2 is 1.79 bits per heavy atom. The Bertz CT molecular complexity index is 879. The third-order valence-corrected chi connectivity index (χ3v) is 6.42. The second-order valence-corrected chi connectivity index (χ2v) is 8.67. The zero-order valence-corrected chi connectivity index (χ0v) is 21.8. The summed E-state index contributed by atoms with van der Waals surface area (Å²) in [6.45, 7) is 5.23. The monoisotopic (exact) mass is 565 g/mol. The highest BCUT2D eigenvalue weighted by atomic mass is 127. The van der Waals surface area contributed by atoms with Crippen LogP contribution in [0.1, 0.15) is 55.0 Å². The number of aliphatic imine (C=N–C) groups is 1. The van der Waals surface area contributed by atoms with Crippen molar-refractivity contribution in [3.63, 3.8) is 0 Å². The molecule has 33 heavy (non-hydrogen) atoms. The Balaban J connectivity index is 0.00000306. The molecule has 0 aliphatic carbocycles. The molecule has 0 spiro atoms. The van der Waals surface area contributed by atoms with Crippen molar-refractivity contribution in [2.75, 3.05) is 33.2 Å². The maximum atomic E-state index is 11.8. The lowest BCUT2D eigenvalue weighted by atomic mass is 10.1. The predicted octanol–water partition coefficient (Wildman–Crippen LogP) is 3.91. The summed E-state index contributed by atoms with van der Waals surface area (Å²) in [5.74, 6) is 2.05. The van der Waals surface area contributed by atoms with E-state index in [4.69, 9.17) is 4.42 Å². The lowest BCUT2D eigenvalue weighted by Gasteiger charge is -2.33. The van der Waals surface area contributed by atoms with Crippen LogP contribution in [0.2, 0.25) is 0 Å². The highest BCUT2D eigenvalue weighted by Gasteiger charge is 2.24. The van der Waals surface area contributed by atoms with E-state index in [2.05, 4.69) is 50.9 Å². The van der Waals surface area contributed by atoms with Gasteiger partial charge in [-0.15, -0.1) is 24.0 Å². The van der Waals surface area contributed by atoms with E-state index < -0.39 is 0 Å². The van der Waals surface area contributed by atoms with Gasteiger partial charge in [0.05, 0.1) is 12.3 Å². The average Bonchev–Trinajstić information content (AvgIpc) is 3.50. The SMILES string of the molecule is CN=C(NCc1ccc(CN2CCCC2=O)cc1)NCC(c1ccco1)N1CCCCC1.I. The van der Waals surface area contributed by atoms with Gasteiger partial charge in [0.15, 0.2) is 5.96 Å². The van der Waals surface area contributed by atoms with Gasteiger partial charge in [0.25, 0.3) is 0 Å². The molecule has 0 radical (unpaired) electrons. The topological polar surface area (TPSA) is 73.1 Å². The van der Waals surface area contributed by atoms with Gasteiger partial charge in [-0.05, 0) is 55.6 Å². The van der Waals surface area contributed by atoms with Crippen molar-refractivity contribution < 1.29 is 9.21 Å². The van der Waals surface area contributed by atoms with E-state index in [1.807, 2.05) is 11.0 Å². The molecular formula is C25H36IN5O2. The molecule has 7 nitrogen and oxygen atoms in total. The van der Waals surface area contributed by atoms with Crippen molar-refractivity contribution in [2.45, 2.75) is 51.2 Å². The summed E-state index contributed by atoms with van der Waals surface area (Å²) in [6, 6.07) is 12.7. The highest BCUT2D eigenvalue weighted by Crippen LogP contribution is 2.24. The van der Waals surface area contributed by atoms with Crippen molar-refractivity contribution in [3.8, 4) is 0 Å². The Hall–Kier alpha value is -2.07. The van der Waals surface area contributed by atoms with Gasteiger partial charge in [0.1, 0.15) is 5.76 Å². The van der Waals surface area contributed by atoms with E-state index in [0.717, 1.165) is 44.3 Å². The van der Waals surface area contributed by atoms with Gasteiger partial charge in [0, 0.05) is 39.6 Å². The number of guanidine groups is 1. The molecule has 2 fully saturated rings. The number of amides is 1. The number of nitrogens with one attached hydrogen (secondary N) is 2. The molecule has 8 heteroatoms. The van der Waals surface area contributed by atoms with Gasteiger partial charge in [-0.2, -0.15) is 0 Å². The molecule has 180 valence electrons. The Labute approximate surface area is 214 Å². The molecule has 2 N–H and O–H groups in total. The summed E-state index contributed by atoms with van der Waals surface area (Å²) in [5.41, 5.74) is 2.36. The maximum absolute atomic E-state index is 11.8. The molecule has 2 aliphatic rings. The number of piperidine rings is 1. The summed E-state index contributed by atoms with van der Waals surface area (Å²) in [6.07, 6.45) is 7.21. The number of likely N-dealkylation sites (tertiary alicyclic amines) is 2. The van der Waals surface area contributed by atoms with Crippen molar-refractivity contribution in [1.29, 1.82) is 0 Å². The van der Waals surface area contributed by atoms with E-state index >= 15 is 0 Å². The first-order chi connectivity index (χ1) is 15.7. The molecule has 4 rings (SSSR count). The minimum Gasteiger partial charge on any atom is -0.468 e. The van der Waals surface area contributed by atoms with E-state index in [9.17, 15) is 4.79 Å². The predicted molar refractivity (Wildman–Crippen MR) is 142 cm³/mol. The number of nitrogens with zero attached hydrogens (tertiary/aromatic N) is 3. The van der Waals surface area contributed by atoms with E-state index in [1.54, 1.807) is 13.3 Å². The van der Waals surface area contributed by atoms with Gasteiger partial charge in [-0.25, -0.2) is 0 Å². The van der Waals surface area contributed by atoms with Crippen molar-refractivity contribution in [2.24, 2.45) is 4.99 Å². The van der Waals surface area contributed by atoms with Crippen LogP contribution in [0.4, 0.5) is 0 Å². The number of hydrogen-bond donors (Lipinski definition) is 2. The second kappa shape index (κ2) is 13.0. The first kappa shape index (κ1) is 25.6. The summed E-state index contributed by atoms with van der Waals surface area (Å²) >= 11 is 0. The third-order valence-electron chi connectivity index (χ3n) is 6.42. The fourth-order valence-electron chi connectivity index (χ4n) is 4.57. The molecule has 3 heterocycles. The third kappa shape index (κ3) is 7.20. The van der Waals surface area contributed by atoms with Crippen LogP contribution in [0.3, 0.4) is 0 Å². The summed E-state index contributed by atoms with van der Waals surface area (Å²) in [5, 5.41) is 6.90. The lowest BCUT2D eigenvalue weighted by molar-refractivity contribution is -0.128. The van der Waals surface area contributed by atoms with Crippen LogP contribution in [0.15, 0.2) is 52.1 Å². The zero-order chi connectivity index (χ0) is 22.2. The molecule has 2 aliphatic heterocycles. The standard InChI is InChI=1S/C25H35N5O2.HI/c1-26-25(28-18-22(23-7-6-16-32-23)29-13-3-2-4-14-29)27-17-20-9-11-21(12-10-20)19-30-15-5-8-24(30)31;/h6-7,9-12,16,22H,2-5,8,13-15,17-19H2,1H3,(H2,26,27,28);1H. The first-order valence-corrected chi connectivity index (χ1v) is 11.8. The van der Waals surface area contributed by atoms with Gasteiger partial charge >= 0.3 is 0 Å². The zero-order valence-electron chi connectivity index (χ0n) is 19.5. The van der Waals surface area contributed by atoms with E-state index in [-0.39, 0.29) is 35.9 Å². The Morgan fingerprint density at radius 1 is 1.03 bits per heavy atom. The fourth-order valence-corrected chi connectivity index (χ4v) is 4.57. The van der Waals surface area contributed by atoms with Crippen LogP contribution >= 0.6 is 24.0 Å². The molecule has 2 aromatic rings. The molecule has 1 amide bonds. The molecule has 0 saturated carbocycles. The van der Waals surface area contributed by atoms with Crippen LogP contribution < -0.4 is 10.6 Å². The minimum absolute atomic E-state index is 0. The maximum Gasteiger partial charge on any atom is 0.222 e. The number of furan rings is 1. The van der Waals surface area contributed by atoms with Crippen molar-refractivity contribution >= 4 is 35.8 Å². The normalized spacial score (nSPS) is 18.2. The smallest absolute Gasteiger partial charge is 0.222 e. The van der Waals surface area contributed by atoms with Gasteiger partial charge in [0.2, 0.25) is 5.91 Å². The number of halogens is 1. The average molecular weight is 566 g/mol. The number of rotatable bonds is 8. The molecule has 1 aromatic heterocycles. The number of carbonyl (C=O) groups is 1. The molecule has 1 aromatic carbocycles. The van der Waals surface area contributed by atoms with Gasteiger partial charge in [-0.3, -0.25) is 14.7 Å². The van der Waals surface area contributed by atoms with Crippen LogP contribution in [-0.2, 0) is 17.9 Å². The molecular weight excluding hydrogens is 529 g/mol. The van der Waals surface area contributed by atoms with E-state index in [0.29, 0.717) is 19.5 Å². The molecule has 1 atom stereocenters. The number of carbonyl (C=O) groups excluding carboxylic acids is 1. The summed E-state index contributed by atoms with van der Waals surface area (Å²) in [4.78, 5) is 20.7. The van der Waals surface area contributed by atoms with Gasteiger partial charge < -0.3 is 20.0 Å². The van der Waals surface area contributed by atoms with Crippen molar-refractivity contribution in [1.82, 2.24) is 20.4 Å². The van der Waals surface area contributed by atoms with E-state index in [1.165, 1.54) is 30.4 Å². The molecule has 1 unspecified atom stereocenters. The largest absolute Gasteiger partial charge is 0.468 e. The van der Waals surface area contributed by atoms with Crippen LogP contribution in [0, 0.1) is 0 Å². The number of benzene rings is 1. The van der Waals surface area contributed by atoms with Gasteiger partial charge in [-0.1, -0.05) is 30.7 Å². The second-order valence-electron chi connectivity index (χ2n) is 8.67. The van der Waals surface area contributed by atoms with Crippen LogP contribution in [0.25, 0.3) is 0 Å². The quantitative estimate of drug-likeness (QED) is 0.289. The minimum atomic E-state index is 0. The summed E-state index contributed by atoms with van der Waals surface area (Å²) < 4.78 is 5.74. The summed E-state index contributed by atoms with van der Waals surface area (Å²) in [7, 11) is 1.80. The lowest BCUT2D eigenvalue weighted by Crippen LogP contribution is -2.44. The first-order valence-electron chi connectivity index (χ1n) is 11.8. The highest BCUT2D eigenvalue weighted by molar-refractivity contribution is 14.0. The number of hydrogen-bond acceptors (Lipinski definition) is 4. The van der Waals surface area contributed by atoms with Crippen molar-refractivity contribution in [3.05, 3.63) is 59.5 Å². The van der Waals surface area contributed by atoms with Crippen LogP contribution in [0.5, 0.6) is 0 Å². The Morgan fingerprint density at radius 3 is 2.42 bits per heavy atom.